The molecule has 2 aliphatic carbocycles. The fraction of sp³-hybridized carbons (Fsp3) is 0.593. The maximum Gasteiger partial charge on any atom is 0.253 e. The first-order valence-corrected chi connectivity index (χ1v) is 12.3. The third kappa shape index (κ3) is 4.97. The number of nitrogens with zero attached hydrogens (tertiary/aromatic N) is 1. The van der Waals surface area contributed by atoms with Gasteiger partial charge in [0.1, 0.15) is 11.5 Å². The van der Waals surface area contributed by atoms with E-state index in [0.717, 1.165) is 53.4 Å². The van der Waals surface area contributed by atoms with Crippen molar-refractivity contribution in [2.75, 3.05) is 14.2 Å². The standard InChI is InChI=1S/C27H38N2O3/c1-19-23(27(30)28-21-12-8-5-9-13-21)17-25(29(19)18-20-10-6-4-7-11-20)24-16-22(31-2)14-15-26(24)32-3/h14-17,20-21H,4-13,18H2,1-3H3,(H,28,30). The summed E-state index contributed by atoms with van der Waals surface area (Å²) in [7, 11) is 3.38. The Morgan fingerprint density at radius 2 is 1.66 bits per heavy atom. The molecule has 0 atom stereocenters. The van der Waals surface area contributed by atoms with Gasteiger partial charge in [0.2, 0.25) is 0 Å². The second kappa shape index (κ2) is 10.5. The predicted octanol–water partition coefficient (Wildman–Crippen LogP) is 6.12. The lowest BCUT2D eigenvalue weighted by Crippen LogP contribution is -2.36. The summed E-state index contributed by atoms with van der Waals surface area (Å²) < 4.78 is 13.6. The normalized spacial score (nSPS) is 17.8. The van der Waals surface area contributed by atoms with Crippen LogP contribution in [0, 0.1) is 12.8 Å². The molecule has 1 amide bonds. The fourth-order valence-electron chi connectivity index (χ4n) is 5.49. The minimum Gasteiger partial charge on any atom is -0.497 e. The highest BCUT2D eigenvalue weighted by atomic mass is 16.5. The molecule has 174 valence electrons. The number of benzene rings is 1. The van der Waals surface area contributed by atoms with Crippen LogP contribution in [0.25, 0.3) is 11.3 Å². The first kappa shape index (κ1) is 22.8. The van der Waals surface area contributed by atoms with Crippen LogP contribution in [0.2, 0.25) is 0 Å². The number of hydrogen-bond acceptors (Lipinski definition) is 3. The van der Waals surface area contributed by atoms with Crippen LogP contribution in [0.3, 0.4) is 0 Å². The van der Waals surface area contributed by atoms with E-state index in [1.807, 2.05) is 18.2 Å². The van der Waals surface area contributed by atoms with Gasteiger partial charge >= 0.3 is 0 Å². The van der Waals surface area contributed by atoms with E-state index >= 15 is 0 Å². The number of amides is 1. The van der Waals surface area contributed by atoms with Crippen LogP contribution in [0.5, 0.6) is 11.5 Å². The fourth-order valence-corrected chi connectivity index (χ4v) is 5.49. The molecule has 2 saturated carbocycles. The van der Waals surface area contributed by atoms with Gasteiger partial charge in [-0.1, -0.05) is 38.5 Å². The Labute approximate surface area is 192 Å². The van der Waals surface area contributed by atoms with Crippen LogP contribution < -0.4 is 14.8 Å². The van der Waals surface area contributed by atoms with Gasteiger partial charge in [-0.25, -0.2) is 0 Å². The lowest BCUT2D eigenvalue weighted by molar-refractivity contribution is 0.0927. The molecule has 1 aromatic heterocycles. The third-order valence-electron chi connectivity index (χ3n) is 7.40. The third-order valence-corrected chi connectivity index (χ3v) is 7.40. The predicted molar refractivity (Wildman–Crippen MR) is 129 cm³/mol. The summed E-state index contributed by atoms with van der Waals surface area (Å²) in [5.41, 5.74) is 3.84. The second-order valence-corrected chi connectivity index (χ2v) is 9.52. The van der Waals surface area contributed by atoms with Gasteiger partial charge in [-0.3, -0.25) is 4.79 Å². The molecule has 0 radical (unpaired) electrons. The van der Waals surface area contributed by atoms with Crippen LogP contribution in [-0.2, 0) is 6.54 Å². The van der Waals surface area contributed by atoms with Crippen molar-refractivity contribution in [2.45, 2.75) is 83.7 Å². The average Bonchev–Trinajstić information content (AvgIpc) is 3.16. The van der Waals surface area contributed by atoms with E-state index in [9.17, 15) is 4.79 Å². The number of nitrogens with one attached hydrogen (secondary N) is 1. The van der Waals surface area contributed by atoms with Crippen molar-refractivity contribution in [1.29, 1.82) is 0 Å². The lowest BCUT2D eigenvalue weighted by atomic mass is 9.89. The van der Waals surface area contributed by atoms with Gasteiger partial charge in [0, 0.05) is 23.8 Å². The molecule has 2 aromatic rings. The Morgan fingerprint density at radius 1 is 0.969 bits per heavy atom. The van der Waals surface area contributed by atoms with Gasteiger partial charge in [0.05, 0.1) is 25.5 Å². The van der Waals surface area contributed by atoms with Crippen molar-refractivity contribution in [3.63, 3.8) is 0 Å². The summed E-state index contributed by atoms with van der Waals surface area (Å²) in [5.74, 6) is 2.30. The Kier molecular flexibility index (Phi) is 7.44. The Hall–Kier alpha value is -2.43. The molecule has 1 heterocycles. The highest BCUT2D eigenvalue weighted by Gasteiger charge is 2.25. The number of carbonyl (C=O) groups excluding carboxylic acids is 1. The molecule has 1 aromatic carbocycles. The van der Waals surface area contributed by atoms with Crippen molar-refractivity contribution in [2.24, 2.45) is 5.92 Å². The van der Waals surface area contributed by atoms with Gasteiger partial charge in [0.15, 0.2) is 0 Å². The van der Waals surface area contributed by atoms with Gasteiger partial charge in [-0.2, -0.15) is 0 Å². The minimum atomic E-state index is 0.0555. The maximum atomic E-state index is 13.3. The van der Waals surface area contributed by atoms with E-state index in [1.54, 1.807) is 14.2 Å². The van der Waals surface area contributed by atoms with Crippen molar-refractivity contribution in [3.8, 4) is 22.8 Å². The van der Waals surface area contributed by atoms with Gasteiger partial charge in [-0.05, 0) is 62.8 Å². The van der Waals surface area contributed by atoms with E-state index in [2.05, 4.69) is 22.9 Å². The molecular formula is C27H38N2O3. The number of hydrogen-bond donors (Lipinski definition) is 1. The number of rotatable bonds is 7. The molecule has 2 fully saturated rings. The van der Waals surface area contributed by atoms with Crippen LogP contribution in [-0.4, -0.2) is 30.7 Å². The molecule has 5 nitrogen and oxygen atoms in total. The Bertz CT molecular complexity index is 921. The number of carbonyl (C=O) groups is 1. The molecule has 32 heavy (non-hydrogen) atoms. The average molecular weight is 439 g/mol. The van der Waals surface area contributed by atoms with E-state index in [0.29, 0.717) is 12.0 Å². The Morgan fingerprint density at radius 3 is 2.31 bits per heavy atom. The zero-order valence-electron chi connectivity index (χ0n) is 19.9. The SMILES string of the molecule is COc1ccc(OC)c(-c2cc(C(=O)NC3CCCCC3)c(C)n2CC2CCCCC2)c1. The van der Waals surface area contributed by atoms with Crippen LogP contribution in [0.1, 0.15) is 80.3 Å². The molecule has 0 bridgehead atoms. The summed E-state index contributed by atoms with van der Waals surface area (Å²) in [6, 6.07) is 8.25. The Balaban J connectivity index is 1.72. The summed E-state index contributed by atoms with van der Waals surface area (Å²) in [6.07, 6.45) is 12.3. The molecule has 0 spiro atoms. The number of aromatic nitrogens is 1. The molecule has 0 unspecified atom stereocenters. The van der Waals surface area contributed by atoms with E-state index in [4.69, 9.17) is 9.47 Å². The summed E-state index contributed by atoms with van der Waals surface area (Å²) in [4.78, 5) is 13.3. The smallest absolute Gasteiger partial charge is 0.253 e. The van der Waals surface area contributed by atoms with Crippen molar-refractivity contribution < 1.29 is 14.3 Å². The summed E-state index contributed by atoms with van der Waals surface area (Å²) in [6.45, 7) is 3.03. The van der Waals surface area contributed by atoms with Crippen molar-refractivity contribution in [1.82, 2.24) is 9.88 Å². The monoisotopic (exact) mass is 438 g/mol. The second-order valence-electron chi connectivity index (χ2n) is 9.52. The van der Waals surface area contributed by atoms with Gasteiger partial charge in [0.25, 0.3) is 5.91 Å². The molecule has 0 saturated heterocycles. The number of methoxy groups -OCH3 is 2. The number of ether oxygens (including phenoxy) is 2. The lowest BCUT2D eigenvalue weighted by Gasteiger charge is -2.25. The molecule has 2 aliphatic rings. The quantitative estimate of drug-likeness (QED) is 0.566. The van der Waals surface area contributed by atoms with Crippen LogP contribution in [0.4, 0.5) is 0 Å². The topological polar surface area (TPSA) is 52.5 Å². The first-order chi connectivity index (χ1) is 15.6. The van der Waals surface area contributed by atoms with E-state index in [1.165, 1.54) is 51.4 Å². The van der Waals surface area contributed by atoms with E-state index in [-0.39, 0.29) is 5.91 Å². The molecule has 4 rings (SSSR count). The molecule has 5 heteroatoms. The summed E-state index contributed by atoms with van der Waals surface area (Å²) in [5, 5.41) is 3.31. The zero-order chi connectivity index (χ0) is 22.5. The highest BCUT2D eigenvalue weighted by Crippen LogP contribution is 2.37. The molecule has 1 N–H and O–H groups in total. The molecular weight excluding hydrogens is 400 g/mol. The zero-order valence-corrected chi connectivity index (χ0v) is 19.9. The maximum absolute atomic E-state index is 13.3. The summed E-state index contributed by atoms with van der Waals surface area (Å²) >= 11 is 0. The van der Waals surface area contributed by atoms with Crippen LogP contribution in [0.15, 0.2) is 24.3 Å². The van der Waals surface area contributed by atoms with E-state index < -0.39 is 0 Å². The molecule has 0 aliphatic heterocycles. The van der Waals surface area contributed by atoms with Crippen LogP contribution >= 0.6 is 0 Å². The van der Waals surface area contributed by atoms with Crippen molar-refractivity contribution >= 4 is 5.91 Å². The van der Waals surface area contributed by atoms with Gasteiger partial charge in [-0.15, -0.1) is 0 Å². The first-order valence-electron chi connectivity index (χ1n) is 12.3. The largest absolute Gasteiger partial charge is 0.497 e. The highest BCUT2D eigenvalue weighted by molar-refractivity contribution is 5.97. The van der Waals surface area contributed by atoms with Crippen molar-refractivity contribution in [3.05, 3.63) is 35.5 Å². The van der Waals surface area contributed by atoms with Gasteiger partial charge < -0.3 is 19.4 Å². The minimum absolute atomic E-state index is 0.0555.